The SMILES string of the molecule is COc1ccc2cc(C(C)NCc3ccon3)ccc2c1. The zero-order valence-corrected chi connectivity index (χ0v) is 12.2. The van der Waals surface area contributed by atoms with Crippen LogP contribution in [0.2, 0.25) is 0 Å². The van der Waals surface area contributed by atoms with Gasteiger partial charge in [0.2, 0.25) is 0 Å². The maximum atomic E-state index is 5.25. The van der Waals surface area contributed by atoms with Gasteiger partial charge >= 0.3 is 0 Å². The highest BCUT2D eigenvalue weighted by atomic mass is 16.5. The summed E-state index contributed by atoms with van der Waals surface area (Å²) in [6.07, 6.45) is 1.59. The fraction of sp³-hybridized carbons (Fsp3) is 0.235. The molecule has 0 saturated carbocycles. The summed E-state index contributed by atoms with van der Waals surface area (Å²) in [5, 5.41) is 9.73. The molecule has 0 aliphatic rings. The summed E-state index contributed by atoms with van der Waals surface area (Å²) in [5.74, 6) is 0.882. The monoisotopic (exact) mass is 282 g/mol. The highest BCUT2D eigenvalue weighted by Crippen LogP contribution is 2.24. The lowest BCUT2D eigenvalue weighted by atomic mass is 10.0. The summed E-state index contributed by atoms with van der Waals surface area (Å²) in [6.45, 7) is 2.84. The molecule has 4 nitrogen and oxygen atoms in total. The molecule has 3 rings (SSSR count). The van der Waals surface area contributed by atoms with Crippen LogP contribution in [-0.4, -0.2) is 12.3 Å². The molecule has 0 aliphatic carbocycles. The zero-order valence-electron chi connectivity index (χ0n) is 12.2. The third-order valence-corrected chi connectivity index (χ3v) is 3.65. The second kappa shape index (κ2) is 5.97. The molecule has 0 radical (unpaired) electrons. The molecule has 2 aromatic carbocycles. The van der Waals surface area contributed by atoms with Crippen LogP contribution in [0.3, 0.4) is 0 Å². The Morgan fingerprint density at radius 2 is 1.95 bits per heavy atom. The Kier molecular flexibility index (Phi) is 3.88. The van der Waals surface area contributed by atoms with Crippen LogP contribution in [0, 0.1) is 0 Å². The van der Waals surface area contributed by atoms with Crippen molar-refractivity contribution in [1.29, 1.82) is 0 Å². The Balaban J connectivity index is 1.76. The number of fused-ring (bicyclic) bond motifs is 1. The van der Waals surface area contributed by atoms with Gasteiger partial charge < -0.3 is 14.6 Å². The fourth-order valence-electron chi connectivity index (χ4n) is 2.34. The molecule has 3 aromatic rings. The minimum atomic E-state index is 0.244. The van der Waals surface area contributed by atoms with E-state index in [-0.39, 0.29) is 6.04 Å². The molecule has 1 heterocycles. The molecule has 0 aliphatic heterocycles. The Labute approximate surface area is 123 Å². The van der Waals surface area contributed by atoms with E-state index in [0.29, 0.717) is 6.54 Å². The van der Waals surface area contributed by atoms with Crippen molar-refractivity contribution in [2.75, 3.05) is 7.11 Å². The van der Waals surface area contributed by atoms with Crippen LogP contribution in [0.25, 0.3) is 10.8 Å². The van der Waals surface area contributed by atoms with Gasteiger partial charge in [-0.3, -0.25) is 0 Å². The molecule has 1 N–H and O–H groups in total. The van der Waals surface area contributed by atoms with Gasteiger partial charge in [-0.15, -0.1) is 0 Å². The maximum absolute atomic E-state index is 5.25. The van der Waals surface area contributed by atoms with E-state index in [1.54, 1.807) is 13.4 Å². The van der Waals surface area contributed by atoms with Crippen LogP contribution in [0.1, 0.15) is 24.2 Å². The number of aromatic nitrogens is 1. The summed E-state index contributed by atoms with van der Waals surface area (Å²) in [4.78, 5) is 0. The summed E-state index contributed by atoms with van der Waals surface area (Å²) in [7, 11) is 1.69. The average Bonchev–Trinajstić information content (AvgIpc) is 3.05. The molecule has 0 amide bonds. The number of nitrogens with zero attached hydrogens (tertiary/aromatic N) is 1. The van der Waals surface area contributed by atoms with Crippen LogP contribution in [0.5, 0.6) is 5.75 Å². The molecule has 0 spiro atoms. The van der Waals surface area contributed by atoms with Crippen LogP contribution < -0.4 is 10.1 Å². The molecule has 0 bridgehead atoms. The average molecular weight is 282 g/mol. The van der Waals surface area contributed by atoms with Crippen molar-refractivity contribution in [1.82, 2.24) is 10.5 Å². The summed E-state index contributed by atoms with van der Waals surface area (Å²) >= 11 is 0. The predicted octanol–water partition coefficient (Wildman–Crippen LogP) is 3.69. The molecule has 0 fully saturated rings. The number of methoxy groups -OCH3 is 1. The van der Waals surface area contributed by atoms with Gasteiger partial charge in [0, 0.05) is 18.7 Å². The molecule has 1 aromatic heterocycles. The number of rotatable bonds is 5. The summed E-state index contributed by atoms with van der Waals surface area (Å²) in [5.41, 5.74) is 2.16. The van der Waals surface area contributed by atoms with Gasteiger partial charge in [-0.25, -0.2) is 0 Å². The predicted molar refractivity (Wildman–Crippen MR) is 82.3 cm³/mol. The van der Waals surface area contributed by atoms with Crippen LogP contribution in [0.4, 0.5) is 0 Å². The lowest BCUT2D eigenvalue weighted by Gasteiger charge is -2.14. The third-order valence-electron chi connectivity index (χ3n) is 3.65. The van der Waals surface area contributed by atoms with Crippen LogP contribution >= 0.6 is 0 Å². The molecule has 0 saturated heterocycles. The van der Waals surface area contributed by atoms with E-state index in [9.17, 15) is 0 Å². The number of ether oxygens (including phenoxy) is 1. The molecular formula is C17H18N2O2. The normalized spacial score (nSPS) is 12.5. The highest BCUT2D eigenvalue weighted by Gasteiger charge is 2.07. The lowest BCUT2D eigenvalue weighted by molar-refractivity contribution is 0.406. The standard InChI is InChI=1S/C17H18N2O2/c1-12(18-11-16-7-8-21-19-16)13-3-4-15-10-17(20-2)6-5-14(15)9-13/h3-10,12,18H,11H2,1-2H3. The first kappa shape index (κ1) is 13.6. The molecule has 1 unspecified atom stereocenters. The minimum absolute atomic E-state index is 0.244. The van der Waals surface area contributed by atoms with Gasteiger partial charge in [0.05, 0.1) is 12.8 Å². The lowest BCUT2D eigenvalue weighted by Crippen LogP contribution is -2.18. The number of benzene rings is 2. The van der Waals surface area contributed by atoms with Gasteiger partial charge in [-0.2, -0.15) is 0 Å². The first-order valence-corrected chi connectivity index (χ1v) is 6.96. The van der Waals surface area contributed by atoms with E-state index >= 15 is 0 Å². The van der Waals surface area contributed by atoms with E-state index in [1.165, 1.54) is 16.3 Å². The van der Waals surface area contributed by atoms with Crippen molar-refractivity contribution >= 4 is 10.8 Å². The van der Waals surface area contributed by atoms with Crippen molar-refractivity contribution in [2.24, 2.45) is 0 Å². The maximum Gasteiger partial charge on any atom is 0.124 e. The Hall–Kier alpha value is -2.33. The molecule has 108 valence electrons. The summed E-state index contributed by atoms with van der Waals surface area (Å²) in [6, 6.07) is 14.7. The van der Waals surface area contributed by atoms with Crippen molar-refractivity contribution < 1.29 is 9.26 Å². The van der Waals surface area contributed by atoms with Crippen LogP contribution in [-0.2, 0) is 6.54 Å². The van der Waals surface area contributed by atoms with E-state index in [4.69, 9.17) is 9.26 Å². The molecule has 21 heavy (non-hydrogen) atoms. The first-order chi connectivity index (χ1) is 10.3. The highest BCUT2D eigenvalue weighted by molar-refractivity contribution is 5.84. The van der Waals surface area contributed by atoms with Gasteiger partial charge in [-0.1, -0.05) is 23.4 Å². The minimum Gasteiger partial charge on any atom is -0.497 e. The third kappa shape index (κ3) is 3.06. The molecule has 1 atom stereocenters. The van der Waals surface area contributed by atoms with Gasteiger partial charge in [0.25, 0.3) is 0 Å². The zero-order chi connectivity index (χ0) is 14.7. The smallest absolute Gasteiger partial charge is 0.124 e. The van der Waals surface area contributed by atoms with Gasteiger partial charge in [-0.05, 0) is 41.5 Å². The number of hydrogen-bond acceptors (Lipinski definition) is 4. The Morgan fingerprint density at radius 3 is 2.71 bits per heavy atom. The quantitative estimate of drug-likeness (QED) is 0.775. The second-order valence-electron chi connectivity index (χ2n) is 5.07. The molecule has 4 heteroatoms. The van der Waals surface area contributed by atoms with E-state index in [0.717, 1.165) is 11.4 Å². The number of nitrogens with one attached hydrogen (secondary N) is 1. The Bertz CT molecular complexity index is 723. The number of hydrogen-bond donors (Lipinski definition) is 1. The van der Waals surface area contributed by atoms with Gasteiger partial charge in [0.15, 0.2) is 0 Å². The van der Waals surface area contributed by atoms with Gasteiger partial charge in [0.1, 0.15) is 12.0 Å². The first-order valence-electron chi connectivity index (χ1n) is 6.96. The van der Waals surface area contributed by atoms with E-state index in [2.05, 4.69) is 41.7 Å². The van der Waals surface area contributed by atoms with E-state index < -0.39 is 0 Å². The van der Waals surface area contributed by atoms with Crippen molar-refractivity contribution in [3.63, 3.8) is 0 Å². The van der Waals surface area contributed by atoms with E-state index in [1.807, 2.05) is 18.2 Å². The van der Waals surface area contributed by atoms with Crippen molar-refractivity contribution in [2.45, 2.75) is 19.5 Å². The largest absolute Gasteiger partial charge is 0.497 e. The molecular weight excluding hydrogens is 264 g/mol. The fourth-order valence-corrected chi connectivity index (χ4v) is 2.34. The van der Waals surface area contributed by atoms with Crippen LogP contribution in [0.15, 0.2) is 53.3 Å². The summed E-state index contributed by atoms with van der Waals surface area (Å²) < 4.78 is 10.1. The second-order valence-corrected chi connectivity index (χ2v) is 5.07. The van der Waals surface area contributed by atoms with Crippen molar-refractivity contribution in [3.05, 3.63) is 60.0 Å². The van der Waals surface area contributed by atoms with Crippen molar-refractivity contribution in [3.8, 4) is 5.75 Å². The topological polar surface area (TPSA) is 47.3 Å². The Morgan fingerprint density at radius 1 is 1.14 bits per heavy atom.